The number of hydrogen-bond donors (Lipinski definition) is 2. The molecule has 2 aromatic carbocycles. The maximum atomic E-state index is 12.4. The summed E-state index contributed by atoms with van der Waals surface area (Å²) in [6.07, 6.45) is 1.74. The van der Waals surface area contributed by atoms with Crippen molar-refractivity contribution in [3.8, 4) is 0 Å². The molecule has 0 radical (unpaired) electrons. The first-order valence-corrected chi connectivity index (χ1v) is 9.84. The molecule has 0 saturated carbocycles. The molecule has 0 aromatic heterocycles. The lowest BCUT2D eigenvalue weighted by molar-refractivity contribution is 0.0935. The van der Waals surface area contributed by atoms with Crippen LogP contribution in [0.2, 0.25) is 0 Å². The molecule has 0 saturated heterocycles. The van der Waals surface area contributed by atoms with Crippen LogP contribution in [0.15, 0.2) is 53.4 Å². The van der Waals surface area contributed by atoms with Crippen LogP contribution in [0.1, 0.15) is 42.6 Å². The maximum absolute atomic E-state index is 12.4. The van der Waals surface area contributed by atoms with Gasteiger partial charge in [0.05, 0.1) is 4.90 Å². The van der Waals surface area contributed by atoms with Crippen molar-refractivity contribution >= 4 is 21.6 Å². The van der Waals surface area contributed by atoms with E-state index in [0.717, 1.165) is 18.4 Å². The quantitative estimate of drug-likeness (QED) is 0.790. The number of nitrogens with one attached hydrogen (secondary N) is 2. The Kier molecular flexibility index (Phi) is 6.20. The number of rotatable bonds is 7. The summed E-state index contributed by atoms with van der Waals surface area (Å²) in [7, 11) is -3.64. The van der Waals surface area contributed by atoms with E-state index in [-0.39, 0.29) is 16.8 Å². The van der Waals surface area contributed by atoms with Crippen molar-refractivity contribution in [1.82, 2.24) is 5.32 Å². The Hall–Kier alpha value is -2.34. The predicted octanol–water partition coefficient (Wildman–Crippen LogP) is 3.71. The van der Waals surface area contributed by atoms with Gasteiger partial charge in [-0.2, -0.15) is 0 Å². The van der Waals surface area contributed by atoms with Gasteiger partial charge in [0.2, 0.25) is 0 Å². The highest BCUT2D eigenvalue weighted by molar-refractivity contribution is 7.92. The van der Waals surface area contributed by atoms with E-state index >= 15 is 0 Å². The van der Waals surface area contributed by atoms with Gasteiger partial charge in [-0.15, -0.1) is 0 Å². The number of carbonyl (C=O) groups excluding carboxylic acids is 1. The zero-order chi connectivity index (χ0) is 18.4. The zero-order valence-corrected chi connectivity index (χ0v) is 15.6. The molecule has 134 valence electrons. The van der Waals surface area contributed by atoms with Crippen molar-refractivity contribution < 1.29 is 13.2 Å². The fourth-order valence-electron chi connectivity index (χ4n) is 2.38. The van der Waals surface area contributed by atoms with Crippen LogP contribution in [0, 0.1) is 6.92 Å². The molecule has 0 bridgehead atoms. The normalized spacial score (nSPS) is 11.4. The standard InChI is InChI=1S/C19H24N2O3S/c1-4-16(5-2)20-19(22)15-8-10-17(11-9-15)21-25(23,24)18-12-6-14(3)7-13-18/h6-13,16,21H,4-5H2,1-3H3,(H,20,22). The lowest BCUT2D eigenvalue weighted by atomic mass is 10.1. The summed E-state index contributed by atoms with van der Waals surface area (Å²) in [6, 6.07) is 13.2. The number of carbonyl (C=O) groups is 1. The Balaban J connectivity index is 2.09. The fourth-order valence-corrected chi connectivity index (χ4v) is 3.44. The summed E-state index contributed by atoms with van der Waals surface area (Å²) in [5.41, 5.74) is 1.91. The van der Waals surface area contributed by atoms with E-state index in [1.807, 2.05) is 20.8 Å². The third-order valence-corrected chi connectivity index (χ3v) is 5.45. The highest BCUT2D eigenvalue weighted by Crippen LogP contribution is 2.17. The maximum Gasteiger partial charge on any atom is 0.261 e. The van der Waals surface area contributed by atoms with Crippen molar-refractivity contribution in [3.05, 3.63) is 59.7 Å². The highest BCUT2D eigenvalue weighted by Gasteiger charge is 2.15. The first-order chi connectivity index (χ1) is 11.9. The van der Waals surface area contributed by atoms with Crippen molar-refractivity contribution in [1.29, 1.82) is 0 Å². The Labute approximate surface area is 149 Å². The van der Waals surface area contributed by atoms with Crippen molar-refractivity contribution in [2.45, 2.75) is 44.6 Å². The molecule has 0 unspecified atom stereocenters. The molecule has 0 aliphatic heterocycles. The van der Waals surface area contributed by atoms with Crippen molar-refractivity contribution in [2.75, 3.05) is 4.72 Å². The van der Waals surface area contributed by atoms with Crippen LogP contribution in [0.5, 0.6) is 0 Å². The third kappa shape index (κ3) is 5.06. The van der Waals surface area contributed by atoms with Crippen LogP contribution in [-0.2, 0) is 10.0 Å². The number of aryl methyl sites for hydroxylation is 1. The third-order valence-electron chi connectivity index (χ3n) is 4.05. The Morgan fingerprint density at radius 2 is 1.52 bits per heavy atom. The molecule has 6 heteroatoms. The first-order valence-electron chi connectivity index (χ1n) is 8.36. The molecule has 0 aliphatic rings. The number of sulfonamides is 1. The van der Waals surface area contributed by atoms with Crippen LogP contribution in [0.3, 0.4) is 0 Å². The molecule has 0 spiro atoms. The number of anilines is 1. The topological polar surface area (TPSA) is 75.3 Å². The molecule has 5 nitrogen and oxygen atoms in total. The minimum atomic E-state index is -3.64. The van der Waals surface area contributed by atoms with E-state index in [9.17, 15) is 13.2 Å². The molecule has 2 N–H and O–H groups in total. The van der Waals surface area contributed by atoms with E-state index < -0.39 is 10.0 Å². The Morgan fingerprint density at radius 1 is 0.960 bits per heavy atom. The molecule has 0 aliphatic carbocycles. The minimum absolute atomic E-state index is 0.146. The lowest BCUT2D eigenvalue weighted by Crippen LogP contribution is -2.33. The monoisotopic (exact) mass is 360 g/mol. The van der Waals surface area contributed by atoms with Crippen LogP contribution in [0.4, 0.5) is 5.69 Å². The van der Waals surface area contributed by atoms with Gasteiger partial charge in [-0.3, -0.25) is 9.52 Å². The van der Waals surface area contributed by atoms with Gasteiger partial charge in [-0.1, -0.05) is 31.5 Å². The summed E-state index contributed by atoms with van der Waals surface area (Å²) in [6.45, 7) is 5.95. The second-order valence-electron chi connectivity index (χ2n) is 5.98. The van der Waals surface area contributed by atoms with Crippen molar-refractivity contribution in [2.24, 2.45) is 0 Å². The van der Waals surface area contributed by atoms with Crippen LogP contribution < -0.4 is 10.0 Å². The highest BCUT2D eigenvalue weighted by atomic mass is 32.2. The predicted molar refractivity (Wildman–Crippen MR) is 100 cm³/mol. The van der Waals surface area contributed by atoms with Gasteiger partial charge in [0.1, 0.15) is 0 Å². The molecule has 2 aromatic rings. The van der Waals surface area contributed by atoms with E-state index in [0.29, 0.717) is 11.3 Å². The van der Waals surface area contributed by atoms with Gasteiger partial charge in [0, 0.05) is 17.3 Å². The molecular weight excluding hydrogens is 336 g/mol. The van der Waals surface area contributed by atoms with Gasteiger partial charge in [0.25, 0.3) is 15.9 Å². The van der Waals surface area contributed by atoms with E-state index in [4.69, 9.17) is 0 Å². The second kappa shape index (κ2) is 8.16. The lowest BCUT2D eigenvalue weighted by Gasteiger charge is -2.15. The van der Waals surface area contributed by atoms with Crippen LogP contribution >= 0.6 is 0 Å². The zero-order valence-electron chi connectivity index (χ0n) is 14.7. The number of hydrogen-bond acceptors (Lipinski definition) is 3. The van der Waals surface area contributed by atoms with Gasteiger partial charge < -0.3 is 5.32 Å². The summed E-state index contributed by atoms with van der Waals surface area (Å²) < 4.78 is 27.3. The molecule has 25 heavy (non-hydrogen) atoms. The van der Waals surface area contributed by atoms with Crippen molar-refractivity contribution in [3.63, 3.8) is 0 Å². The second-order valence-corrected chi connectivity index (χ2v) is 7.67. The molecule has 0 heterocycles. The van der Waals surface area contributed by atoms with Gasteiger partial charge in [-0.05, 0) is 56.2 Å². The molecule has 2 rings (SSSR count). The molecule has 1 amide bonds. The molecule has 0 atom stereocenters. The van der Waals surface area contributed by atoms with Gasteiger partial charge >= 0.3 is 0 Å². The number of benzene rings is 2. The minimum Gasteiger partial charge on any atom is -0.349 e. The van der Waals surface area contributed by atoms with E-state index in [2.05, 4.69) is 10.0 Å². The van der Waals surface area contributed by atoms with Gasteiger partial charge in [0.15, 0.2) is 0 Å². The molecular formula is C19H24N2O3S. The van der Waals surface area contributed by atoms with E-state index in [1.54, 1.807) is 48.5 Å². The van der Waals surface area contributed by atoms with E-state index in [1.165, 1.54) is 0 Å². The van der Waals surface area contributed by atoms with Crippen LogP contribution in [0.25, 0.3) is 0 Å². The summed E-state index contributed by atoms with van der Waals surface area (Å²) >= 11 is 0. The molecule has 0 fully saturated rings. The SMILES string of the molecule is CCC(CC)NC(=O)c1ccc(NS(=O)(=O)c2ccc(C)cc2)cc1. The van der Waals surface area contributed by atoms with Crippen LogP contribution in [-0.4, -0.2) is 20.4 Å². The Morgan fingerprint density at radius 3 is 2.04 bits per heavy atom. The average molecular weight is 360 g/mol. The number of amides is 1. The summed E-state index contributed by atoms with van der Waals surface area (Å²) in [5, 5.41) is 2.95. The average Bonchev–Trinajstić information content (AvgIpc) is 2.60. The smallest absolute Gasteiger partial charge is 0.261 e. The summed E-state index contributed by atoms with van der Waals surface area (Å²) in [5.74, 6) is -0.151. The first kappa shape index (κ1) is 19.0. The Bertz CT molecular complexity index is 809. The largest absolute Gasteiger partial charge is 0.349 e. The van der Waals surface area contributed by atoms with Gasteiger partial charge in [-0.25, -0.2) is 8.42 Å². The fraction of sp³-hybridized carbons (Fsp3) is 0.316. The summed E-state index contributed by atoms with van der Waals surface area (Å²) in [4.78, 5) is 12.4.